The molecule has 1 aromatic heterocycles. The molecule has 0 bridgehead atoms. The van der Waals surface area contributed by atoms with Crippen LogP contribution in [-0.4, -0.2) is 53.6 Å². The summed E-state index contributed by atoms with van der Waals surface area (Å²) in [5, 5.41) is 1.56. The molecule has 2 heterocycles. The van der Waals surface area contributed by atoms with Gasteiger partial charge in [-0.1, -0.05) is 36.0 Å². The maximum atomic E-state index is 12.8. The molecule has 0 radical (unpaired) electrons. The SMILES string of the molecule is CCN(C(=O)[C@@H](C)Sc1ccc2ccccc2n1)[C@H]1CCS(=O)(=O)C1. The van der Waals surface area contributed by atoms with Crippen LogP contribution in [0.5, 0.6) is 0 Å². The van der Waals surface area contributed by atoms with Gasteiger partial charge in [0, 0.05) is 18.0 Å². The summed E-state index contributed by atoms with van der Waals surface area (Å²) in [6.45, 7) is 4.28. The first-order valence-corrected chi connectivity index (χ1v) is 11.1. The molecule has 25 heavy (non-hydrogen) atoms. The number of hydrogen-bond donors (Lipinski definition) is 0. The zero-order chi connectivity index (χ0) is 18.0. The minimum absolute atomic E-state index is 0.0236. The third-order valence-corrected chi connectivity index (χ3v) is 7.27. The minimum atomic E-state index is -3.01. The van der Waals surface area contributed by atoms with Gasteiger partial charge in [0.15, 0.2) is 9.84 Å². The quantitative estimate of drug-likeness (QED) is 0.749. The van der Waals surface area contributed by atoms with Crippen molar-refractivity contribution in [1.82, 2.24) is 9.88 Å². The normalized spacial score (nSPS) is 20.5. The fraction of sp³-hybridized carbons (Fsp3) is 0.444. The molecule has 134 valence electrons. The van der Waals surface area contributed by atoms with Crippen molar-refractivity contribution in [1.29, 1.82) is 0 Å². The summed E-state index contributed by atoms with van der Waals surface area (Å²) >= 11 is 1.42. The van der Waals surface area contributed by atoms with Crippen molar-refractivity contribution < 1.29 is 13.2 Å². The Hall–Kier alpha value is -1.60. The van der Waals surface area contributed by atoms with Crippen molar-refractivity contribution in [3.05, 3.63) is 36.4 Å². The third kappa shape index (κ3) is 4.15. The van der Waals surface area contributed by atoms with Gasteiger partial charge in [0.05, 0.1) is 27.3 Å². The first-order chi connectivity index (χ1) is 11.9. The van der Waals surface area contributed by atoms with Crippen molar-refractivity contribution in [3.8, 4) is 0 Å². The molecule has 0 N–H and O–H groups in total. The van der Waals surface area contributed by atoms with Crippen LogP contribution in [0.25, 0.3) is 10.9 Å². The molecule has 0 aliphatic carbocycles. The minimum Gasteiger partial charge on any atom is -0.338 e. The molecule has 0 unspecified atom stereocenters. The van der Waals surface area contributed by atoms with Crippen LogP contribution >= 0.6 is 11.8 Å². The van der Waals surface area contributed by atoms with Gasteiger partial charge in [-0.15, -0.1) is 0 Å². The molecule has 1 aliphatic heterocycles. The molecule has 3 rings (SSSR count). The number of fused-ring (bicyclic) bond motifs is 1. The largest absolute Gasteiger partial charge is 0.338 e. The lowest BCUT2D eigenvalue weighted by molar-refractivity contribution is -0.131. The van der Waals surface area contributed by atoms with Crippen LogP contribution in [0.15, 0.2) is 41.4 Å². The highest BCUT2D eigenvalue weighted by Gasteiger charge is 2.35. The second kappa shape index (κ2) is 7.33. The van der Waals surface area contributed by atoms with Crippen molar-refractivity contribution in [3.63, 3.8) is 0 Å². The summed E-state index contributed by atoms with van der Waals surface area (Å²) in [6.07, 6.45) is 0.535. The number of aromatic nitrogens is 1. The molecule has 1 aromatic carbocycles. The predicted octanol–water partition coefficient (Wildman–Crippen LogP) is 2.75. The van der Waals surface area contributed by atoms with Crippen molar-refractivity contribution >= 4 is 38.4 Å². The molecular formula is C18H22N2O3S2. The lowest BCUT2D eigenvalue weighted by Crippen LogP contribution is -2.44. The molecule has 1 amide bonds. The Morgan fingerprint density at radius 1 is 1.32 bits per heavy atom. The van der Waals surface area contributed by atoms with Gasteiger partial charge in [-0.2, -0.15) is 0 Å². The predicted molar refractivity (Wildman–Crippen MR) is 102 cm³/mol. The summed E-state index contributed by atoms with van der Waals surface area (Å²) < 4.78 is 23.4. The Bertz CT molecular complexity index is 883. The molecule has 7 heteroatoms. The second-order valence-electron chi connectivity index (χ2n) is 6.28. The molecule has 2 aromatic rings. The van der Waals surface area contributed by atoms with E-state index in [1.807, 2.05) is 50.2 Å². The van der Waals surface area contributed by atoms with Gasteiger partial charge in [-0.05, 0) is 32.4 Å². The van der Waals surface area contributed by atoms with Gasteiger partial charge in [0.1, 0.15) is 0 Å². The highest BCUT2D eigenvalue weighted by molar-refractivity contribution is 8.00. The van der Waals surface area contributed by atoms with Crippen LogP contribution in [0.4, 0.5) is 0 Å². The van der Waals surface area contributed by atoms with E-state index in [9.17, 15) is 13.2 Å². The number of thioether (sulfide) groups is 1. The maximum Gasteiger partial charge on any atom is 0.236 e. The molecule has 5 nitrogen and oxygen atoms in total. The van der Waals surface area contributed by atoms with E-state index >= 15 is 0 Å². The number of para-hydroxylation sites is 1. The van der Waals surface area contributed by atoms with E-state index in [0.717, 1.165) is 15.9 Å². The zero-order valence-electron chi connectivity index (χ0n) is 14.4. The van der Waals surface area contributed by atoms with E-state index in [-0.39, 0.29) is 28.7 Å². The lowest BCUT2D eigenvalue weighted by Gasteiger charge is -2.29. The van der Waals surface area contributed by atoms with Gasteiger partial charge >= 0.3 is 0 Å². The summed E-state index contributed by atoms with van der Waals surface area (Å²) in [4.78, 5) is 19.1. The highest BCUT2D eigenvalue weighted by atomic mass is 32.2. The van der Waals surface area contributed by atoms with Gasteiger partial charge < -0.3 is 4.90 Å². The number of nitrogens with zero attached hydrogens (tertiary/aromatic N) is 2. The number of amides is 1. The smallest absolute Gasteiger partial charge is 0.236 e. The van der Waals surface area contributed by atoms with E-state index in [4.69, 9.17) is 0 Å². The lowest BCUT2D eigenvalue weighted by atomic mass is 10.2. The van der Waals surface area contributed by atoms with Gasteiger partial charge in [-0.25, -0.2) is 13.4 Å². The van der Waals surface area contributed by atoms with Gasteiger partial charge in [-0.3, -0.25) is 4.79 Å². The number of rotatable bonds is 5. The number of sulfone groups is 1. The van der Waals surface area contributed by atoms with Crippen LogP contribution in [0, 0.1) is 0 Å². The van der Waals surface area contributed by atoms with Crippen LogP contribution in [-0.2, 0) is 14.6 Å². The van der Waals surface area contributed by atoms with Crippen LogP contribution < -0.4 is 0 Å². The molecule has 0 spiro atoms. The van der Waals surface area contributed by atoms with Gasteiger partial charge in [0.25, 0.3) is 0 Å². The van der Waals surface area contributed by atoms with Crippen molar-refractivity contribution in [2.75, 3.05) is 18.1 Å². The molecule has 0 saturated carbocycles. The fourth-order valence-electron chi connectivity index (χ4n) is 3.19. The van der Waals surface area contributed by atoms with E-state index < -0.39 is 9.84 Å². The summed E-state index contributed by atoms with van der Waals surface area (Å²) in [5.41, 5.74) is 0.904. The molecule has 1 saturated heterocycles. The monoisotopic (exact) mass is 378 g/mol. The Balaban J connectivity index is 1.72. The summed E-state index contributed by atoms with van der Waals surface area (Å²) in [7, 11) is -3.01. The van der Waals surface area contributed by atoms with E-state index in [1.165, 1.54) is 11.8 Å². The van der Waals surface area contributed by atoms with E-state index in [2.05, 4.69) is 4.98 Å². The van der Waals surface area contributed by atoms with Crippen LogP contribution in [0.2, 0.25) is 0 Å². The average molecular weight is 379 g/mol. The molecule has 1 fully saturated rings. The summed E-state index contributed by atoms with van der Waals surface area (Å²) in [6, 6.07) is 11.6. The van der Waals surface area contributed by atoms with Crippen LogP contribution in [0.3, 0.4) is 0 Å². The van der Waals surface area contributed by atoms with Crippen molar-refractivity contribution in [2.45, 2.75) is 36.6 Å². The topological polar surface area (TPSA) is 67.3 Å². The second-order valence-corrected chi connectivity index (χ2v) is 9.87. The number of carbonyl (C=O) groups is 1. The third-order valence-electron chi connectivity index (χ3n) is 4.49. The maximum absolute atomic E-state index is 12.8. The van der Waals surface area contributed by atoms with Gasteiger partial charge in [0.2, 0.25) is 5.91 Å². The standard InChI is InChI=1S/C18H22N2O3S2/c1-3-20(15-10-11-25(22,23)12-15)18(21)13(2)24-17-9-8-14-6-4-5-7-16(14)19-17/h4-9,13,15H,3,10-12H2,1-2H3/t13-,15+/m1/s1. The first kappa shape index (κ1) is 18.2. The molecular weight excluding hydrogens is 356 g/mol. The number of hydrogen-bond acceptors (Lipinski definition) is 5. The van der Waals surface area contributed by atoms with Crippen molar-refractivity contribution in [2.24, 2.45) is 0 Å². The average Bonchev–Trinajstić information content (AvgIpc) is 2.95. The number of carbonyl (C=O) groups excluding carboxylic acids is 1. The number of benzene rings is 1. The highest BCUT2D eigenvalue weighted by Crippen LogP contribution is 2.27. The number of pyridine rings is 1. The Labute approximate surface area is 152 Å². The van der Waals surface area contributed by atoms with E-state index in [1.54, 1.807) is 4.90 Å². The molecule has 2 atom stereocenters. The van der Waals surface area contributed by atoms with Crippen LogP contribution in [0.1, 0.15) is 20.3 Å². The Kier molecular flexibility index (Phi) is 5.34. The summed E-state index contributed by atoms with van der Waals surface area (Å²) in [5.74, 6) is 0.234. The van der Waals surface area contributed by atoms with E-state index in [0.29, 0.717) is 13.0 Å². The fourth-order valence-corrected chi connectivity index (χ4v) is 5.82. The molecule has 1 aliphatic rings. The Morgan fingerprint density at radius 3 is 2.76 bits per heavy atom. The Morgan fingerprint density at radius 2 is 2.08 bits per heavy atom. The zero-order valence-corrected chi connectivity index (χ0v) is 16.0. The first-order valence-electron chi connectivity index (χ1n) is 8.43.